The number of hydrogen-bond donors (Lipinski definition) is 1. The summed E-state index contributed by atoms with van der Waals surface area (Å²) in [5, 5.41) is 3.32. The van der Waals surface area contributed by atoms with Crippen LogP contribution in [0, 0.1) is 0 Å². The van der Waals surface area contributed by atoms with Crippen molar-refractivity contribution in [2.45, 2.75) is 12.6 Å². The third kappa shape index (κ3) is 1.88. The molecule has 2 heterocycles. The minimum Gasteiger partial charge on any atom is -0.358 e. The standard InChI is InChI=1S/C8H10BrNOS/c9-7-3-2-6(12-7)8-10-4-1-5-11-8/h2-3,8,10H,1,4-5H2. The highest BCUT2D eigenvalue weighted by Crippen LogP contribution is 2.28. The molecule has 0 saturated carbocycles. The molecule has 1 aliphatic rings. The van der Waals surface area contributed by atoms with Crippen LogP contribution >= 0.6 is 27.3 Å². The Labute approximate surface area is 84.1 Å². The Hall–Kier alpha value is 0.1000. The highest BCUT2D eigenvalue weighted by Gasteiger charge is 2.16. The van der Waals surface area contributed by atoms with E-state index in [0.29, 0.717) is 0 Å². The van der Waals surface area contributed by atoms with Crippen molar-refractivity contribution in [3.8, 4) is 0 Å². The van der Waals surface area contributed by atoms with Crippen molar-refractivity contribution in [2.24, 2.45) is 0 Å². The lowest BCUT2D eigenvalue weighted by Crippen LogP contribution is -2.30. The molecule has 0 aliphatic carbocycles. The van der Waals surface area contributed by atoms with Crippen LogP contribution in [0.5, 0.6) is 0 Å². The van der Waals surface area contributed by atoms with Crippen molar-refractivity contribution in [3.63, 3.8) is 0 Å². The first kappa shape index (κ1) is 8.69. The quantitative estimate of drug-likeness (QED) is 0.824. The summed E-state index contributed by atoms with van der Waals surface area (Å²) in [4.78, 5) is 1.25. The summed E-state index contributed by atoms with van der Waals surface area (Å²) in [7, 11) is 0. The maximum absolute atomic E-state index is 5.56. The van der Waals surface area contributed by atoms with Crippen molar-refractivity contribution in [1.29, 1.82) is 0 Å². The molecule has 66 valence electrons. The zero-order valence-corrected chi connectivity index (χ0v) is 8.95. The van der Waals surface area contributed by atoms with Gasteiger partial charge in [-0.25, -0.2) is 0 Å². The number of thiophene rings is 1. The molecule has 1 saturated heterocycles. The Morgan fingerprint density at radius 2 is 2.50 bits per heavy atom. The van der Waals surface area contributed by atoms with Gasteiger partial charge >= 0.3 is 0 Å². The van der Waals surface area contributed by atoms with E-state index < -0.39 is 0 Å². The lowest BCUT2D eigenvalue weighted by Gasteiger charge is -2.22. The first-order chi connectivity index (χ1) is 5.86. The second kappa shape index (κ2) is 3.87. The van der Waals surface area contributed by atoms with Crippen molar-refractivity contribution >= 4 is 27.3 Å². The molecular formula is C8H10BrNOS. The van der Waals surface area contributed by atoms with Gasteiger partial charge in [0.1, 0.15) is 6.23 Å². The summed E-state index contributed by atoms with van der Waals surface area (Å²) in [5.74, 6) is 0. The predicted octanol–water partition coefficient (Wildman–Crippen LogP) is 2.52. The number of nitrogens with one attached hydrogen (secondary N) is 1. The Balaban J connectivity index is 2.08. The molecule has 0 spiro atoms. The lowest BCUT2D eigenvalue weighted by atomic mass is 10.3. The lowest BCUT2D eigenvalue weighted by molar-refractivity contribution is 0.00197. The third-order valence-corrected chi connectivity index (χ3v) is 3.45. The molecule has 2 rings (SSSR count). The van der Waals surface area contributed by atoms with Crippen LogP contribution in [0.4, 0.5) is 0 Å². The van der Waals surface area contributed by atoms with Crippen LogP contribution < -0.4 is 5.32 Å². The molecular weight excluding hydrogens is 238 g/mol. The molecule has 1 aromatic rings. The van der Waals surface area contributed by atoms with Crippen molar-refractivity contribution in [2.75, 3.05) is 13.2 Å². The van der Waals surface area contributed by atoms with Gasteiger partial charge in [-0.3, -0.25) is 5.32 Å². The van der Waals surface area contributed by atoms with Crippen LogP contribution in [-0.4, -0.2) is 13.2 Å². The number of ether oxygens (including phenoxy) is 1. The number of hydrogen-bond acceptors (Lipinski definition) is 3. The average molecular weight is 248 g/mol. The fourth-order valence-electron chi connectivity index (χ4n) is 1.22. The van der Waals surface area contributed by atoms with E-state index >= 15 is 0 Å². The number of rotatable bonds is 1. The summed E-state index contributed by atoms with van der Waals surface area (Å²) in [6.07, 6.45) is 1.23. The molecule has 1 N–H and O–H groups in total. The molecule has 1 aromatic heterocycles. The molecule has 1 atom stereocenters. The maximum atomic E-state index is 5.56. The van der Waals surface area contributed by atoms with Gasteiger partial charge in [0.15, 0.2) is 0 Å². The second-order valence-electron chi connectivity index (χ2n) is 2.70. The monoisotopic (exact) mass is 247 g/mol. The van der Waals surface area contributed by atoms with E-state index in [2.05, 4.69) is 33.4 Å². The van der Waals surface area contributed by atoms with Gasteiger partial charge in [-0.15, -0.1) is 11.3 Å². The van der Waals surface area contributed by atoms with E-state index in [0.717, 1.165) is 23.4 Å². The highest BCUT2D eigenvalue weighted by atomic mass is 79.9. The zero-order chi connectivity index (χ0) is 8.39. The fraction of sp³-hybridized carbons (Fsp3) is 0.500. The average Bonchev–Trinajstić information content (AvgIpc) is 2.54. The molecule has 0 bridgehead atoms. The Bertz CT molecular complexity index is 257. The van der Waals surface area contributed by atoms with Crippen LogP contribution in [0.3, 0.4) is 0 Å². The van der Waals surface area contributed by atoms with Crippen LogP contribution in [0.2, 0.25) is 0 Å². The molecule has 2 nitrogen and oxygen atoms in total. The molecule has 0 aromatic carbocycles. The predicted molar refractivity (Wildman–Crippen MR) is 53.3 cm³/mol. The Kier molecular flexibility index (Phi) is 2.80. The summed E-state index contributed by atoms with van der Waals surface area (Å²) < 4.78 is 6.72. The van der Waals surface area contributed by atoms with Gasteiger partial charge < -0.3 is 4.74 Å². The van der Waals surface area contributed by atoms with Gasteiger partial charge in [-0.1, -0.05) is 0 Å². The maximum Gasteiger partial charge on any atom is 0.143 e. The van der Waals surface area contributed by atoms with Gasteiger partial charge in [0, 0.05) is 11.4 Å². The molecule has 1 fully saturated rings. The van der Waals surface area contributed by atoms with Crippen LogP contribution in [0.1, 0.15) is 17.5 Å². The van der Waals surface area contributed by atoms with Gasteiger partial charge in [0.25, 0.3) is 0 Å². The largest absolute Gasteiger partial charge is 0.358 e. The highest BCUT2D eigenvalue weighted by molar-refractivity contribution is 9.11. The molecule has 4 heteroatoms. The minimum atomic E-state index is 0.120. The van der Waals surface area contributed by atoms with Gasteiger partial charge in [0.05, 0.1) is 10.4 Å². The summed E-state index contributed by atoms with van der Waals surface area (Å²) in [5.41, 5.74) is 0. The molecule has 0 amide bonds. The van der Waals surface area contributed by atoms with E-state index in [-0.39, 0.29) is 6.23 Å². The normalized spacial score (nSPS) is 24.2. The van der Waals surface area contributed by atoms with Crippen molar-refractivity contribution < 1.29 is 4.74 Å². The van der Waals surface area contributed by atoms with Crippen LogP contribution in [-0.2, 0) is 4.74 Å². The molecule has 0 radical (unpaired) electrons. The first-order valence-corrected chi connectivity index (χ1v) is 5.57. The van der Waals surface area contributed by atoms with Crippen LogP contribution in [0.25, 0.3) is 0 Å². The zero-order valence-electron chi connectivity index (χ0n) is 6.55. The van der Waals surface area contributed by atoms with Gasteiger partial charge in [-0.05, 0) is 34.5 Å². The van der Waals surface area contributed by atoms with E-state index in [1.165, 1.54) is 4.88 Å². The van der Waals surface area contributed by atoms with Crippen molar-refractivity contribution in [1.82, 2.24) is 5.32 Å². The molecule has 1 unspecified atom stereocenters. The summed E-state index contributed by atoms with van der Waals surface area (Å²) in [6.45, 7) is 1.92. The van der Waals surface area contributed by atoms with Gasteiger partial charge in [-0.2, -0.15) is 0 Å². The fourth-order valence-corrected chi connectivity index (χ4v) is 2.67. The SMILES string of the molecule is Brc1ccc(C2NCCCO2)s1. The Morgan fingerprint density at radius 1 is 1.58 bits per heavy atom. The van der Waals surface area contributed by atoms with Gasteiger partial charge in [0.2, 0.25) is 0 Å². The second-order valence-corrected chi connectivity index (χ2v) is 5.19. The molecule has 1 aliphatic heterocycles. The summed E-state index contributed by atoms with van der Waals surface area (Å²) in [6, 6.07) is 4.15. The molecule has 12 heavy (non-hydrogen) atoms. The summed E-state index contributed by atoms with van der Waals surface area (Å²) >= 11 is 5.16. The topological polar surface area (TPSA) is 21.3 Å². The van der Waals surface area contributed by atoms with E-state index in [9.17, 15) is 0 Å². The van der Waals surface area contributed by atoms with E-state index in [1.807, 2.05) is 0 Å². The number of halogens is 1. The minimum absolute atomic E-state index is 0.120. The van der Waals surface area contributed by atoms with E-state index in [4.69, 9.17) is 4.74 Å². The van der Waals surface area contributed by atoms with Crippen LogP contribution in [0.15, 0.2) is 15.9 Å². The third-order valence-electron chi connectivity index (χ3n) is 1.79. The van der Waals surface area contributed by atoms with E-state index in [1.54, 1.807) is 11.3 Å². The van der Waals surface area contributed by atoms with Crippen molar-refractivity contribution in [3.05, 3.63) is 20.8 Å². The smallest absolute Gasteiger partial charge is 0.143 e. The first-order valence-electron chi connectivity index (χ1n) is 3.96. The Morgan fingerprint density at radius 3 is 3.08 bits per heavy atom.